The molecule has 82 valence electrons. The van der Waals surface area contributed by atoms with Gasteiger partial charge in [0, 0.05) is 6.08 Å². The second-order valence-electron chi connectivity index (χ2n) is 2.82. The highest BCUT2D eigenvalue weighted by Gasteiger charge is 2.06. The van der Waals surface area contributed by atoms with Gasteiger partial charge < -0.3 is 4.74 Å². The molecule has 3 nitrogen and oxygen atoms in total. The van der Waals surface area contributed by atoms with Crippen molar-refractivity contribution < 1.29 is 9.53 Å². The molecule has 0 unspecified atom stereocenters. The molecule has 0 amide bonds. The van der Waals surface area contributed by atoms with Crippen molar-refractivity contribution in [2.75, 3.05) is 7.11 Å². The molecule has 1 rings (SSSR count). The van der Waals surface area contributed by atoms with Crippen LogP contribution < -0.4 is 0 Å². The summed E-state index contributed by atoms with van der Waals surface area (Å²) >= 11 is 11.5. The van der Waals surface area contributed by atoms with E-state index in [1.165, 1.54) is 13.2 Å². The van der Waals surface area contributed by atoms with Gasteiger partial charge in [0.1, 0.15) is 6.07 Å². The maximum Gasteiger partial charge on any atom is 0.331 e. The Morgan fingerprint density at radius 1 is 1.44 bits per heavy atom. The first-order valence-electron chi connectivity index (χ1n) is 4.23. The van der Waals surface area contributed by atoms with Gasteiger partial charge in [-0.05, 0) is 17.7 Å². The van der Waals surface area contributed by atoms with Crippen molar-refractivity contribution in [3.63, 3.8) is 0 Å². The maximum atomic E-state index is 11.0. The summed E-state index contributed by atoms with van der Waals surface area (Å²) in [5.74, 6) is -0.595. The lowest BCUT2D eigenvalue weighted by atomic mass is 10.1. The van der Waals surface area contributed by atoms with Crippen molar-refractivity contribution in [1.29, 1.82) is 5.26 Å². The van der Waals surface area contributed by atoms with Gasteiger partial charge in [0.15, 0.2) is 0 Å². The fraction of sp³-hybridized carbons (Fsp3) is 0.0909. The molecule has 0 atom stereocenters. The molecule has 0 saturated heterocycles. The number of hydrogen-bond donors (Lipinski definition) is 0. The second-order valence-corrected chi connectivity index (χ2v) is 3.64. The lowest BCUT2D eigenvalue weighted by Crippen LogP contribution is -1.96. The largest absolute Gasteiger partial charge is 0.466 e. The molecule has 0 aromatic heterocycles. The van der Waals surface area contributed by atoms with E-state index in [9.17, 15) is 4.79 Å². The van der Waals surface area contributed by atoms with Crippen LogP contribution in [0.3, 0.4) is 0 Å². The molecule has 0 N–H and O–H groups in total. The normalized spacial score (nSPS) is 10.8. The predicted molar refractivity (Wildman–Crippen MR) is 62.1 cm³/mol. The Morgan fingerprint density at radius 2 is 2.12 bits per heavy atom. The lowest BCUT2D eigenvalue weighted by Gasteiger charge is -2.01. The van der Waals surface area contributed by atoms with Gasteiger partial charge in [-0.3, -0.25) is 0 Å². The number of benzene rings is 1. The number of carbonyl (C=O) groups excluding carboxylic acids is 1. The minimum atomic E-state index is -0.595. The Balaban J connectivity index is 3.16. The minimum absolute atomic E-state index is 0.172. The molecule has 0 fully saturated rings. The summed E-state index contributed by atoms with van der Waals surface area (Å²) < 4.78 is 4.43. The van der Waals surface area contributed by atoms with Crippen LogP contribution in [0, 0.1) is 11.3 Å². The molecule has 0 radical (unpaired) electrons. The number of halogens is 2. The molecule has 0 bridgehead atoms. The van der Waals surface area contributed by atoms with Crippen molar-refractivity contribution in [1.82, 2.24) is 0 Å². The Bertz CT molecular complexity index is 489. The van der Waals surface area contributed by atoms with Crippen molar-refractivity contribution in [3.05, 3.63) is 39.9 Å². The fourth-order valence-corrected chi connectivity index (χ4v) is 1.32. The van der Waals surface area contributed by atoms with E-state index in [4.69, 9.17) is 28.5 Å². The summed E-state index contributed by atoms with van der Waals surface area (Å²) in [4.78, 5) is 11.0. The first-order chi connectivity index (χ1) is 7.58. The minimum Gasteiger partial charge on any atom is -0.466 e. The molecule has 0 aliphatic carbocycles. The first-order valence-corrected chi connectivity index (χ1v) is 4.99. The smallest absolute Gasteiger partial charge is 0.331 e. The van der Waals surface area contributed by atoms with E-state index in [1.54, 1.807) is 12.1 Å². The van der Waals surface area contributed by atoms with E-state index in [-0.39, 0.29) is 5.57 Å². The highest BCUT2D eigenvalue weighted by atomic mass is 35.5. The first kappa shape index (κ1) is 12.6. The van der Waals surface area contributed by atoms with Gasteiger partial charge in [-0.25, -0.2) is 4.79 Å². The van der Waals surface area contributed by atoms with Gasteiger partial charge in [-0.1, -0.05) is 29.3 Å². The summed E-state index contributed by atoms with van der Waals surface area (Å²) in [6.45, 7) is 0. The molecule has 0 saturated carbocycles. The van der Waals surface area contributed by atoms with E-state index in [2.05, 4.69) is 4.74 Å². The molecular weight excluding hydrogens is 249 g/mol. The van der Waals surface area contributed by atoms with Crippen LogP contribution in [0.1, 0.15) is 5.56 Å². The van der Waals surface area contributed by atoms with Gasteiger partial charge in [0.2, 0.25) is 0 Å². The molecule has 0 aliphatic heterocycles. The van der Waals surface area contributed by atoms with Crippen LogP contribution in [0.2, 0.25) is 10.0 Å². The SMILES string of the molecule is COC(=O)/C=C(\C#N)c1ccc(Cl)c(Cl)c1. The van der Waals surface area contributed by atoms with Crippen LogP contribution in [0.25, 0.3) is 5.57 Å². The van der Waals surface area contributed by atoms with Crippen LogP contribution in [-0.2, 0) is 9.53 Å². The molecule has 0 aliphatic rings. The average Bonchev–Trinajstić information content (AvgIpc) is 2.29. The number of hydrogen-bond acceptors (Lipinski definition) is 3. The summed E-state index contributed by atoms with van der Waals surface area (Å²) in [5.41, 5.74) is 0.688. The Hall–Kier alpha value is -1.50. The van der Waals surface area contributed by atoms with Crippen LogP contribution in [0.15, 0.2) is 24.3 Å². The van der Waals surface area contributed by atoms with Gasteiger partial charge in [-0.15, -0.1) is 0 Å². The Labute approximate surface area is 103 Å². The third kappa shape index (κ3) is 2.99. The molecule has 16 heavy (non-hydrogen) atoms. The number of allylic oxidation sites excluding steroid dienone is 1. The maximum absolute atomic E-state index is 11.0. The zero-order chi connectivity index (χ0) is 12.1. The summed E-state index contributed by atoms with van der Waals surface area (Å²) in [6.07, 6.45) is 1.10. The van der Waals surface area contributed by atoms with Crippen LogP contribution in [0.5, 0.6) is 0 Å². The fourth-order valence-electron chi connectivity index (χ4n) is 1.02. The van der Waals surface area contributed by atoms with Gasteiger partial charge >= 0.3 is 5.97 Å². The highest BCUT2D eigenvalue weighted by Crippen LogP contribution is 2.25. The van der Waals surface area contributed by atoms with Crippen LogP contribution >= 0.6 is 23.2 Å². The van der Waals surface area contributed by atoms with Crippen molar-refractivity contribution >= 4 is 34.7 Å². The number of ether oxygens (including phenoxy) is 1. The van der Waals surface area contributed by atoms with E-state index >= 15 is 0 Å². The predicted octanol–water partition coefficient (Wildman–Crippen LogP) is 3.07. The summed E-state index contributed by atoms with van der Waals surface area (Å²) in [6, 6.07) is 6.57. The van der Waals surface area contributed by atoms with E-state index < -0.39 is 5.97 Å². The van der Waals surface area contributed by atoms with Crippen molar-refractivity contribution in [2.24, 2.45) is 0 Å². The van der Waals surface area contributed by atoms with Crippen molar-refractivity contribution in [2.45, 2.75) is 0 Å². The molecular formula is C11H7Cl2NO2. The number of nitriles is 1. The molecule has 1 aromatic rings. The molecule has 0 spiro atoms. The summed E-state index contributed by atoms with van der Waals surface area (Å²) in [7, 11) is 1.24. The molecule has 5 heteroatoms. The Morgan fingerprint density at radius 3 is 2.62 bits per heavy atom. The monoisotopic (exact) mass is 255 g/mol. The number of carbonyl (C=O) groups is 1. The Kier molecular flexibility index (Phi) is 4.36. The third-order valence-corrected chi connectivity index (χ3v) is 2.55. The summed E-state index contributed by atoms with van der Waals surface area (Å²) in [5, 5.41) is 9.60. The zero-order valence-corrected chi connectivity index (χ0v) is 9.84. The number of methoxy groups -OCH3 is 1. The van der Waals surface area contributed by atoms with Crippen LogP contribution in [0.4, 0.5) is 0 Å². The second kappa shape index (κ2) is 5.55. The van der Waals surface area contributed by atoms with Crippen molar-refractivity contribution in [3.8, 4) is 6.07 Å². The van der Waals surface area contributed by atoms with Gasteiger partial charge in [-0.2, -0.15) is 5.26 Å². The van der Waals surface area contributed by atoms with E-state index in [0.29, 0.717) is 15.6 Å². The number of nitrogens with zero attached hydrogens (tertiary/aromatic N) is 1. The van der Waals surface area contributed by atoms with Crippen LogP contribution in [-0.4, -0.2) is 13.1 Å². The zero-order valence-electron chi connectivity index (χ0n) is 8.33. The quantitative estimate of drug-likeness (QED) is 0.464. The standard InChI is InChI=1S/C11H7Cl2NO2/c1-16-11(15)5-8(6-14)7-2-3-9(12)10(13)4-7/h2-5H,1H3/b8-5+. The highest BCUT2D eigenvalue weighted by molar-refractivity contribution is 6.42. The number of rotatable bonds is 2. The molecule has 0 heterocycles. The third-order valence-electron chi connectivity index (χ3n) is 1.81. The van der Waals surface area contributed by atoms with E-state index in [0.717, 1.165) is 6.08 Å². The lowest BCUT2D eigenvalue weighted by molar-refractivity contribution is -0.134. The number of esters is 1. The van der Waals surface area contributed by atoms with Gasteiger partial charge in [0.05, 0.1) is 22.7 Å². The average molecular weight is 256 g/mol. The topological polar surface area (TPSA) is 50.1 Å². The van der Waals surface area contributed by atoms with Gasteiger partial charge in [0.25, 0.3) is 0 Å². The molecule has 1 aromatic carbocycles. The van der Waals surface area contributed by atoms with E-state index in [1.807, 2.05) is 6.07 Å².